The summed E-state index contributed by atoms with van der Waals surface area (Å²) in [6, 6.07) is 6.33. The minimum atomic E-state index is -2.85. The molecule has 2 unspecified atom stereocenters. The molecule has 1 fully saturated rings. The van der Waals surface area contributed by atoms with Gasteiger partial charge >= 0.3 is 6.61 Å². The summed E-state index contributed by atoms with van der Waals surface area (Å²) in [6.45, 7) is -0.108. The van der Waals surface area contributed by atoms with E-state index in [1.54, 1.807) is 12.1 Å². The number of carbonyl (C=O) groups is 1. The number of carbonyl (C=O) groups excluding carboxylic acids is 1. The molecule has 0 saturated carbocycles. The molecule has 2 rings (SSSR count). The Kier molecular flexibility index (Phi) is 6.45. The van der Waals surface area contributed by atoms with Crippen molar-refractivity contribution in [1.29, 1.82) is 0 Å². The number of rotatable bonds is 6. The monoisotopic (exact) mass is 330 g/mol. The van der Waals surface area contributed by atoms with E-state index in [1.165, 1.54) is 12.1 Å². The molecule has 1 saturated heterocycles. The minimum Gasteiger partial charge on any atom is -0.435 e. The SMILES string of the molecule is CC(NC(=O)CC1CSCCN1)c1cccc(OC(F)F)c1. The smallest absolute Gasteiger partial charge is 0.387 e. The molecule has 0 aliphatic carbocycles. The molecule has 0 radical (unpaired) electrons. The van der Waals surface area contributed by atoms with Crippen LogP contribution in [0.25, 0.3) is 0 Å². The summed E-state index contributed by atoms with van der Waals surface area (Å²) in [4.78, 5) is 12.0. The maximum absolute atomic E-state index is 12.2. The van der Waals surface area contributed by atoms with Crippen LogP contribution in [0, 0.1) is 0 Å². The van der Waals surface area contributed by atoms with E-state index in [-0.39, 0.29) is 23.7 Å². The van der Waals surface area contributed by atoms with E-state index in [4.69, 9.17) is 0 Å². The molecular weight excluding hydrogens is 310 g/mol. The van der Waals surface area contributed by atoms with Crippen LogP contribution >= 0.6 is 11.8 Å². The van der Waals surface area contributed by atoms with Gasteiger partial charge < -0.3 is 15.4 Å². The van der Waals surface area contributed by atoms with Gasteiger partial charge in [-0.25, -0.2) is 0 Å². The molecule has 0 aromatic heterocycles. The maximum atomic E-state index is 12.2. The van der Waals surface area contributed by atoms with E-state index in [9.17, 15) is 13.6 Å². The van der Waals surface area contributed by atoms with Gasteiger partial charge in [-0.05, 0) is 24.6 Å². The van der Waals surface area contributed by atoms with Crippen LogP contribution in [0.3, 0.4) is 0 Å². The van der Waals surface area contributed by atoms with Gasteiger partial charge in [0.25, 0.3) is 0 Å². The van der Waals surface area contributed by atoms with Crippen molar-refractivity contribution in [3.63, 3.8) is 0 Å². The highest BCUT2D eigenvalue weighted by molar-refractivity contribution is 7.99. The first-order valence-electron chi connectivity index (χ1n) is 7.20. The largest absolute Gasteiger partial charge is 0.435 e. The third kappa shape index (κ3) is 5.46. The van der Waals surface area contributed by atoms with Crippen LogP contribution in [-0.4, -0.2) is 36.6 Å². The van der Waals surface area contributed by atoms with Crippen molar-refractivity contribution in [3.8, 4) is 5.75 Å². The zero-order valence-corrected chi connectivity index (χ0v) is 13.2. The van der Waals surface area contributed by atoms with Crippen LogP contribution in [0.5, 0.6) is 5.75 Å². The lowest BCUT2D eigenvalue weighted by Crippen LogP contribution is -2.41. The van der Waals surface area contributed by atoms with Crippen LogP contribution in [-0.2, 0) is 4.79 Å². The Morgan fingerprint density at radius 1 is 1.55 bits per heavy atom. The van der Waals surface area contributed by atoms with Gasteiger partial charge in [0.05, 0.1) is 6.04 Å². The van der Waals surface area contributed by atoms with Gasteiger partial charge in [0.1, 0.15) is 5.75 Å². The van der Waals surface area contributed by atoms with Gasteiger partial charge in [-0.1, -0.05) is 12.1 Å². The quantitative estimate of drug-likeness (QED) is 0.842. The Balaban J connectivity index is 1.87. The van der Waals surface area contributed by atoms with Crippen molar-refractivity contribution in [2.45, 2.75) is 32.0 Å². The predicted octanol–water partition coefficient (Wildman–Crippen LogP) is 2.56. The molecule has 2 atom stereocenters. The van der Waals surface area contributed by atoms with E-state index in [0.29, 0.717) is 6.42 Å². The van der Waals surface area contributed by atoms with Crippen LogP contribution in [0.2, 0.25) is 0 Å². The molecule has 1 amide bonds. The fraction of sp³-hybridized carbons (Fsp3) is 0.533. The number of benzene rings is 1. The van der Waals surface area contributed by atoms with E-state index >= 15 is 0 Å². The van der Waals surface area contributed by atoms with Crippen molar-refractivity contribution in [3.05, 3.63) is 29.8 Å². The van der Waals surface area contributed by atoms with Gasteiger partial charge in [0.2, 0.25) is 5.91 Å². The lowest BCUT2D eigenvalue weighted by atomic mass is 10.1. The molecule has 1 heterocycles. The van der Waals surface area contributed by atoms with Crippen molar-refractivity contribution in [1.82, 2.24) is 10.6 Å². The van der Waals surface area contributed by atoms with Crippen LogP contribution < -0.4 is 15.4 Å². The first kappa shape index (κ1) is 17.0. The Morgan fingerprint density at radius 2 is 2.36 bits per heavy atom. The second-order valence-corrected chi connectivity index (χ2v) is 6.32. The fourth-order valence-electron chi connectivity index (χ4n) is 2.32. The Bertz CT molecular complexity index is 496. The van der Waals surface area contributed by atoms with Gasteiger partial charge in [0.15, 0.2) is 0 Å². The minimum absolute atomic E-state index is 0.0484. The molecule has 1 aromatic carbocycles. The first-order chi connectivity index (χ1) is 10.5. The van der Waals surface area contributed by atoms with E-state index in [1.807, 2.05) is 18.7 Å². The summed E-state index contributed by atoms with van der Waals surface area (Å²) < 4.78 is 28.8. The molecule has 1 aliphatic rings. The molecule has 22 heavy (non-hydrogen) atoms. The Labute approximate surface area is 133 Å². The summed E-state index contributed by atoms with van der Waals surface area (Å²) in [5, 5.41) is 6.20. The van der Waals surface area contributed by atoms with E-state index in [0.717, 1.165) is 23.6 Å². The number of hydrogen-bond acceptors (Lipinski definition) is 4. The van der Waals surface area contributed by atoms with E-state index < -0.39 is 6.61 Å². The second-order valence-electron chi connectivity index (χ2n) is 5.17. The highest BCUT2D eigenvalue weighted by atomic mass is 32.2. The summed E-state index contributed by atoms with van der Waals surface area (Å²) in [5.74, 6) is 2.05. The standard InChI is InChI=1S/C15H20F2N2O2S/c1-10(11-3-2-4-13(7-11)21-15(16)17)19-14(20)8-12-9-22-6-5-18-12/h2-4,7,10,12,15,18H,5-6,8-9H2,1H3,(H,19,20). The highest BCUT2D eigenvalue weighted by Crippen LogP contribution is 2.21. The van der Waals surface area contributed by atoms with Crippen LogP contribution in [0.15, 0.2) is 24.3 Å². The van der Waals surface area contributed by atoms with Crippen molar-refractivity contribution in [2.24, 2.45) is 0 Å². The Hall–Kier alpha value is -1.34. The zero-order valence-electron chi connectivity index (χ0n) is 12.4. The van der Waals surface area contributed by atoms with Crippen molar-refractivity contribution < 1.29 is 18.3 Å². The molecule has 7 heteroatoms. The molecule has 0 bridgehead atoms. The topological polar surface area (TPSA) is 50.4 Å². The number of hydrogen-bond donors (Lipinski definition) is 2. The molecule has 1 aromatic rings. The molecule has 1 aliphatic heterocycles. The third-order valence-electron chi connectivity index (χ3n) is 3.39. The number of ether oxygens (including phenoxy) is 1. The lowest BCUT2D eigenvalue weighted by Gasteiger charge is -2.23. The number of amides is 1. The first-order valence-corrected chi connectivity index (χ1v) is 8.35. The molecule has 2 N–H and O–H groups in total. The maximum Gasteiger partial charge on any atom is 0.387 e. The van der Waals surface area contributed by atoms with Gasteiger partial charge in [-0.2, -0.15) is 20.5 Å². The van der Waals surface area contributed by atoms with Gasteiger partial charge in [0, 0.05) is 30.5 Å². The number of alkyl halides is 2. The van der Waals surface area contributed by atoms with Gasteiger partial charge in [-0.3, -0.25) is 4.79 Å². The zero-order chi connectivity index (χ0) is 15.9. The number of halogens is 2. The number of nitrogens with one attached hydrogen (secondary N) is 2. The van der Waals surface area contributed by atoms with Crippen LogP contribution in [0.1, 0.15) is 24.9 Å². The van der Waals surface area contributed by atoms with Crippen molar-refractivity contribution >= 4 is 17.7 Å². The average Bonchev–Trinajstić information content (AvgIpc) is 2.47. The third-order valence-corrected chi connectivity index (χ3v) is 4.52. The van der Waals surface area contributed by atoms with Gasteiger partial charge in [-0.15, -0.1) is 0 Å². The summed E-state index contributed by atoms with van der Waals surface area (Å²) in [7, 11) is 0. The summed E-state index contributed by atoms with van der Waals surface area (Å²) in [5.41, 5.74) is 0.734. The molecule has 0 spiro atoms. The lowest BCUT2D eigenvalue weighted by molar-refractivity contribution is -0.122. The Morgan fingerprint density at radius 3 is 3.05 bits per heavy atom. The summed E-state index contributed by atoms with van der Waals surface area (Å²) >= 11 is 1.84. The molecule has 4 nitrogen and oxygen atoms in total. The normalized spacial score (nSPS) is 19.7. The second kappa shape index (κ2) is 8.33. The van der Waals surface area contributed by atoms with E-state index in [2.05, 4.69) is 15.4 Å². The average molecular weight is 330 g/mol. The molecule has 122 valence electrons. The summed E-state index contributed by atoms with van der Waals surface area (Å²) in [6.07, 6.45) is 0.421. The van der Waals surface area contributed by atoms with Crippen LogP contribution in [0.4, 0.5) is 8.78 Å². The highest BCUT2D eigenvalue weighted by Gasteiger charge is 2.18. The molecular formula is C15H20F2N2O2S. The number of thioether (sulfide) groups is 1. The van der Waals surface area contributed by atoms with Crippen molar-refractivity contribution in [2.75, 3.05) is 18.1 Å². The fourth-order valence-corrected chi connectivity index (χ4v) is 3.27. The predicted molar refractivity (Wildman–Crippen MR) is 83.4 cm³/mol.